The number of sulfonamides is 1. The first-order chi connectivity index (χ1) is 15.5. The van der Waals surface area contributed by atoms with Gasteiger partial charge in [0, 0.05) is 5.39 Å². The standard InChI is InChI=1S/C26H22N2O3S/c1-18(28-22-16-8-14-19-15-9-17-23(24(19)22)32(28,30)31)26(29)27-25(20-10-4-2-5-11-20)21-12-6-3-7-13-21/h2-18,25H,1H3,(H,27,29)/t18-/m0/s1. The van der Waals surface area contributed by atoms with Crippen molar-refractivity contribution in [3.05, 3.63) is 108 Å². The second-order valence-corrected chi connectivity index (χ2v) is 9.65. The molecule has 1 aliphatic rings. The minimum atomic E-state index is -3.84. The van der Waals surface area contributed by atoms with E-state index in [2.05, 4.69) is 5.32 Å². The third kappa shape index (κ3) is 3.24. The Hall–Kier alpha value is -3.64. The summed E-state index contributed by atoms with van der Waals surface area (Å²) in [5, 5.41) is 4.58. The molecule has 4 aromatic carbocycles. The van der Waals surface area contributed by atoms with Crippen molar-refractivity contribution in [2.45, 2.75) is 23.9 Å². The Kier molecular flexibility index (Phi) is 4.94. The predicted octanol–water partition coefficient (Wildman–Crippen LogP) is 4.64. The lowest BCUT2D eigenvalue weighted by atomic mass is 9.98. The lowest BCUT2D eigenvalue weighted by molar-refractivity contribution is -0.122. The predicted molar refractivity (Wildman–Crippen MR) is 126 cm³/mol. The summed E-state index contributed by atoms with van der Waals surface area (Å²) in [7, 11) is -3.84. The van der Waals surface area contributed by atoms with Crippen LogP contribution in [-0.2, 0) is 14.8 Å². The van der Waals surface area contributed by atoms with E-state index in [1.165, 1.54) is 4.31 Å². The van der Waals surface area contributed by atoms with Crippen LogP contribution in [0.4, 0.5) is 5.69 Å². The van der Waals surface area contributed by atoms with Crippen molar-refractivity contribution in [2.75, 3.05) is 4.31 Å². The van der Waals surface area contributed by atoms with E-state index in [4.69, 9.17) is 0 Å². The van der Waals surface area contributed by atoms with Gasteiger partial charge in [-0.1, -0.05) is 84.9 Å². The first-order valence-corrected chi connectivity index (χ1v) is 11.9. The fourth-order valence-electron chi connectivity index (χ4n) is 4.36. The third-order valence-corrected chi connectivity index (χ3v) is 7.83. The maximum absolute atomic E-state index is 13.4. The molecular weight excluding hydrogens is 420 g/mol. The zero-order chi connectivity index (χ0) is 22.3. The van der Waals surface area contributed by atoms with Gasteiger partial charge in [-0.2, -0.15) is 0 Å². The molecule has 0 radical (unpaired) electrons. The molecule has 4 aromatic rings. The van der Waals surface area contributed by atoms with Gasteiger partial charge in [0.1, 0.15) is 6.04 Å². The van der Waals surface area contributed by atoms with Gasteiger partial charge in [-0.15, -0.1) is 0 Å². The molecule has 6 heteroatoms. The van der Waals surface area contributed by atoms with Crippen LogP contribution in [0, 0.1) is 0 Å². The van der Waals surface area contributed by atoms with E-state index in [1.807, 2.05) is 78.9 Å². The first kappa shape index (κ1) is 20.3. The molecule has 0 spiro atoms. The minimum absolute atomic E-state index is 0.243. The smallest absolute Gasteiger partial charge is 0.265 e. The van der Waals surface area contributed by atoms with Gasteiger partial charge in [0.25, 0.3) is 10.0 Å². The van der Waals surface area contributed by atoms with E-state index < -0.39 is 22.1 Å². The number of rotatable bonds is 5. The van der Waals surface area contributed by atoms with Gasteiger partial charge < -0.3 is 5.32 Å². The molecular formula is C26H22N2O3S. The minimum Gasteiger partial charge on any atom is -0.343 e. The third-order valence-electron chi connectivity index (χ3n) is 5.90. The molecule has 0 bridgehead atoms. The quantitative estimate of drug-likeness (QED) is 0.490. The van der Waals surface area contributed by atoms with E-state index in [9.17, 15) is 13.2 Å². The number of hydrogen-bond donors (Lipinski definition) is 1. The summed E-state index contributed by atoms with van der Waals surface area (Å²) in [5.41, 5.74) is 2.39. The van der Waals surface area contributed by atoms with Crippen LogP contribution >= 0.6 is 0 Å². The fourth-order valence-corrected chi connectivity index (χ4v) is 6.22. The number of benzene rings is 4. The highest BCUT2D eigenvalue weighted by atomic mass is 32.2. The van der Waals surface area contributed by atoms with Gasteiger partial charge in [0.15, 0.2) is 0 Å². The number of amides is 1. The largest absolute Gasteiger partial charge is 0.343 e. The van der Waals surface area contributed by atoms with Crippen LogP contribution in [-0.4, -0.2) is 20.4 Å². The molecule has 1 amide bonds. The Morgan fingerprint density at radius 3 is 1.94 bits per heavy atom. The topological polar surface area (TPSA) is 66.5 Å². The van der Waals surface area contributed by atoms with Crippen LogP contribution in [0.15, 0.2) is 102 Å². The Bertz CT molecular complexity index is 1360. The van der Waals surface area contributed by atoms with E-state index in [0.29, 0.717) is 11.1 Å². The van der Waals surface area contributed by atoms with Crippen molar-refractivity contribution in [2.24, 2.45) is 0 Å². The van der Waals surface area contributed by atoms with Crippen molar-refractivity contribution in [3.63, 3.8) is 0 Å². The van der Waals surface area contributed by atoms with Crippen LogP contribution in [0.3, 0.4) is 0 Å². The summed E-state index contributed by atoms with van der Waals surface area (Å²) >= 11 is 0. The van der Waals surface area contributed by atoms with E-state index >= 15 is 0 Å². The maximum Gasteiger partial charge on any atom is 0.265 e. The van der Waals surface area contributed by atoms with Crippen LogP contribution < -0.4 is 9.62 Å². The highest BCUT2D eigenvalue weighted by Crippen LogP contribution is 2.43. The zero-order valence-corrected chi connectivity index (χ0v) is 18.3. The summed E-state index contributed by atoms with van der Waals surface area (Å²) in [6, 6.07) is 28.7. The summed E-state index contributed by atoms with van der Waals surface area (Å²) in [6.07, 6.45) is 0. The normalized spacial score (nSPS) is 15.1. The Morgan fingerprint density at radius 1 is 0.781 bits per heavy atom. The van der Waals surface area contributed by atoms with Crippen molar-refractivity contribution in [3.8, 4) is 0 Å². The summed E-state index contributed by atoms with van der Waals surface area (Å²) in [4.78, 5) is 13.7. The number of carbonyl (C=O) groups is 1. The summed E-state index contributed by atoms with van der Waals surface area (Å²) in [5.74, 6) is -0.365. The average molecular weight is 443 g/mol. The fraction of sp³-hybridized carbons (Fsp3) is 0.115. The van der Waals surface area contributed by atoms with E-state index in [-0.39, 0.29) is 10.8 Å². The molecule has 0 unspecified atom stereocenters. The van der Waals surface area contributed by atoms with Crippen molar-refractivity contribution < 1.29 is 13.2 Å². The van der Waals surface area contributed by atoms with E-state index in [0.717, 1.165) is 16.5 Å². The second kappa shape index (κ2) is 7.80. The molecule has 5 rings (SSSR count). The Morgan fingerprint density at radius 2 is 1.34 bits per heavy atom. The average Bonchev–Trinajstić information content (AvgIpc) is 3.06. The molecule has 0 aromatic heterocycles. The number of carbonyl (C=O) groups excluding carboxylic acids is 1. The Balaban J connectivity index is 1.52. The monoisotopic (exact) mass is 442 g/mol. The molecule has 160 valence electrons. The molecule has 0 saturated heterocycles. The van der Waals surface area contributed by atoms with Crippen LogP contribution in [0.5, 0.6) is 0 Å². The molecule has 5 nitrogen and oxygen atoms in total. The van der Waals surface area contributed by atoms with Gasteiger partial charge in [0.2, 0.25) is 5.91 Å². The van der Waals surface area contributed by atoms with Crippen molar-refractivity contribution in [1.82, 2.24) is 5.32 Å². The SMILES string of the molecule is C[C@@H](C(=O)NC(c1ccccc1)c1ccccc1)N1c2cccc3cccc(c23)S1(=O)=O. The second-order valence-electron chi connectivity index (χ2n) is 7.87. The lowest BCUT2D eigenvalue weighted by Crippen LogP contribution is -2.47. The maximum atomic E-state index is 13.4. The molecule has 32 heavy (non-hydrogen) atoms. The molecule has 0 saturated carbocycles. The Labute approximate surface area is 187 Å². The summed E-state index contributed by atoms with van der Waals surface area (Å²) < 4.78 is 28.0. The van der Waals surface area contributed by atoms with Gasteiger partial charge in [0.05, 0.1) is 16.6 Å². The number of nitrogens with zero attached hydrogens (tertiary/aromatic N) is 1. The van der Waals surface area contributed by atoms with Crippen LogP contribution in [0.1, 0.15) is 24.1 Å². The highest BCUT2D eigenvalue weighted by Gasteiger charge is 2.41. The van der Waals surface area contributed by atoms with Gasteiger partial charge in [-0.25, -0.2) is 8.42 Å². The number of hydrogen-bond acceptors (Lipinski definition) is 3. The molecule has 1 aliphatic heterocycles. The first-order valence-electron chi connectivity index (χ1n) is 10.4. The van der Waals surface area contributed by atoms with E-state index in [1.54, 1.807) is 25.1 Å². The molecule has 1 atom stereocenters. The zero-order valence-electron chi connectivity index (χ0n) is 17.5. The van der Waals surface area contributed by atoms with Gasteiger partial charge >= 0.3 is 0 Å². The van der Waals surface area contributed by atoms with Gasteiger partial charge in [-0.05, 0) is 35.6 Å². The molecule has 0 fully saturated rings. The molecule has 1 N–H and O–H groups in total. The number of anilines is 1. The van der Waals surface area contributed by atoms with Crippen molar-refractivity contribution >= 4 is 32.4 Å². The van der Waals surface area contributed by atoms with Crippen LogP contribution in [0.2, 0.25) is 0 Å². The van der Waals surface area contributed by atoms with Crippen molar-refractivity contribution in [1.29, 1.82) is 0 Å². The highest BCUT2D eigenvalue weighted by molar-refractivity contribution is 7.93. The lowest BCUT2D eigenvalue weighted by Gasteiger charge is -2.28. The molecule has 1 heterocycles. The van der Waals surface area contributed by atoms with Crippen LogP contribution in [0.25, 0.3) is 10.8 Å². The molecule has 0 aliphatic carbocycles. The van der Waals surface area contributed by atoms with Gasteiger partial charge in [-0.3, -0.25) is 9.10 Å². The number of nitrogens with one attached hydrogen (secondary N) is 1. The summed E-state index contributed by atoms with van der Waals surface area (Å²) in [6.45, 7) is 1.63.